The smallest absolute Gasteiger partial charge is 0.0825 e. The van der Waals surface area contributed by atoms with E-state index in [2.05, 4.69) is 37.4 Å². The van der Waals surface area contributed by atoms with Crippen LogP contribution in [0, 0.1) is 12.3 Å². The second-order valence-electron chi connectivity index (χ2n) is 5.90. The van der Waals surface area contributed by atoms with Crippen molar-refractivity contribution in [1.29, 1.82) is 0 Å². The third-order valence-electron chi connectivity index (χ3n) is 3.58. The van der Waals surface area contributed by atoms with Crippen LogP contribution >= 0.6 is 0 Å². The Kier molecular flexibility index (Phi) is 2.96. The molecule has 1 unspecified atom stereocenters. The molecule has 0 spiro atoms. The number of nitrogens with zero attached hydrogens (tertiary/aromatic N) is 2. The Morgan fingerprint density at radius 1 is 1.50 bits per heavy atom. The van der Waals surface area contributed by atoms with Crippen molar-refractivity contribution in [2.75, 3.05) is 5.32 Å². The number of aromatic nitrogens is 2. The van der Waals surface area contributed by atoms with Crippen LogP contribution in [0.3, 0.4) is 0 Å². The monoisotopic (exact) mass is 221 g/mol. The van der Waals surface area contributed by atoms with Gasteiger partial charge in [0.15, 0.2) is 0 Å². The topological polar surface area (TPSA) is 29.9 Å². The van der Waals surface area contributed by atoms with Crippen LogP contribution in [-0.2, 0) is 7.05 Å². The highest BCUT2D eigenvalue weighted by Crippen LogP contribution is 2.36. The molecule has 3 nitrogen and oxygen atoms in total. The van der Waals surface area contributed by atoms with Gasteiger partial charge in [0.1, 0.15) is 0 Å². The first-order valence-electron chi connectivity index (χ1n) is 6.23. The minimum Gasteiger partial charge on any atom is -0.380 e. The van der Waals surface area contributed by atoms with Gasteiger partial charge in [-0.2, -0.15) is 5.10 Å². The molecule has 1 N–H and O–H groups in total. The molecule has 0 bridgehead atoms. The first kappa shape index (κ1) is 11.5. The van der Waals surface area contributed by atoms with E-state index in [4.69, 9.17) is 0 Å². The Hall–Kier alpha value is -0.990. The van der Waals surface area contributed by atoms with E-state index >= 15 is 0 Å². The molecule has 1 heterocycles. The van der Waals surface area contributed by atoms with E-state index in [1.165, 1.54) is 31.4 Å². The second-order valence-corrected chi connectivity index (χ2v) is 5.90. The van der Waals surface area contributed by atoms with Crippen LogP contribution < -0.4 is 5.32 Å². The van der Waals surface area contributed by atoms with Crippen LogP contribution in [-0.4, -0.2) is 15.8 Å². The molecule has 1 aromatic heterocycles. The van der Waals surface area contributed by atoms with Crippen LogP contribution in [0.5, 0.6) is 0 Å². The van der Waals surface area contributed by atoms with Crippen molar-refractivity contribution < 1.29 is 0 Å². The van der Waals surface area contributed by atoms with Crippen LogP contribution in [0.1, 0.15) is 45.2 Å². The van der Waals surface area contributed by atoms with Gasteiger partial charge in [-0.3, -0.25) is 4.68 Å². The summed E-state index contributed by atoms with van der Waals surface area (Å²) >= 11 is 0. The molecule has 0 aromatic carbocycles. The Morgan fingerprint density at radius 2 is 2.25 bits per heavy atom. The Balaban J connectivity index is 2.02. The fourth-order valence-electron chi connectivity index (χ4n) is 2.78. The maximum Gasteiger partial charge on any atom is 0.0825 e. The first-order valence-corrected chi connectivity index (χ1v) is 6.23. The van der Waals surface area contributed by atoms with Gasteiger partial charge < -0.3 is 5.32 Å². The minimum atomic E-state index is 0.492. The van der Waals surface area contributed by atoms with E-state index in [-0.39, 0.29) is 0 Å². The molecule has 3 heteroatoms. The molecule has 1 aromatic rings. The summed E-state index contributed by atoms with van der Waals surface area (Å²) in [4.78, 5) is 0. The Labute approximate surface area is 98.2 Å². The van der Waals surface area contributed by atoms with Gasteiger partial charge in [-0.05, 0) is 31.6 Å². The maximum atomic E-state index is 4.37. The van der Waals surface area contributed by atoms with Gasteiger partial charge in [-0.15, -0.1) is 0 Å². The molecule has 90 valence electrons. The van der Waals surface area contributed by atoms with Crippen molar-refractivity contribution in [3.05, 3.63) is 11.9 Å². The Morgan fingerprint density at radius 3 is 2.81 bits per heavy atom. The molecular formula is C13H23N3. The largest absolute Gasteiger partial charge is 0.380 e. The van der Waals surface area contributed by atoms with Gasteiger partial charge in [0.05, 0.1) is 11.4 Å². The zero-order valence-corrected chi connectivity index (χ0v) is 10.9. The van der Waals surface area contributed by atoms with Crippen LogP contribution in [0.2, 0.25) is 0 Å². The summed E-state index contributed by atoms with van der Waals surface area (Å²) in [5.74, 6) is 0. The van der Waals surface area contributed by atoms with Crippen molar-refractivity contribution in [2.45, 2.75) is 52.5 Å². The van der Waals surface area contributed by atoms with Crippen molar-refractivity contribution in [1.82, 2.24) is 9.78 Å². The summed E-state index contributed by atoms with van der Waals surface area (Å²) < 4.78 is 1.88. The zero-order valence-electron chi connectivity index (χ0n) is 10.9. The van der Waals surface area contributed by atoms with Crippen molar-refractivity contribution in [3.63, 3.8) is 0 Å². The van der Waals surface area contributed by atoms with Gasteiger partial charge in [-0.25, -0.2) is 0 Å². The van der Waals surface area contributed by atoms with E-state index in [1.54, 1.807) is 0 Å². The molecule has 1 fully saturated rings. The highest BCUT2D eigenvalue weighted by Gasteiger charge is 2.28. The molecule has 0 saturated heterocycles. The predicted octanol–water partition coefficient (Wildman–Crippen LogP) is 3.11. The summed E-state index contributed by atoms with van der Waals surface area (Å²) in [5.41, 5.74) is 2.79. The molecular weight excluding hydrogens is 198 g/mol. The van der Waals surface area contributed by atoms with E-state index < -0.39 is 0 Å². The lowest BCUT2D eigenvalue weighted by Crippen LogP contribution is -2.31. The average Bonchev–Trinajstić information content (AvgIpc) is 2.43. The van der Waals surface area contributed by atoms with Crippen molar-refractivity contribution >= 4 is 5.69 Å². The number of nitrogens with one attached hydrogen (secondary N) is 1. The normalized spacial score (nSPS) is 24.4. The van der Waals surface area contributed by atoms with Crippen LogP contribution in [0.25, 0.3) is 0 Å². The summed E-state index contributed by atoms with van der Waals surface area (Å²) in [6.07, 6.45) is 7.33. The number of hydrogen-bond donors (Lipinski definition) is 1. The molecule has 1 aliphatic carbocycles. The molecule has 0 aliphatic heterocycles. The highest BCUT2D eigenvalue weighted by atomic mass is 15.3. The minimum absolute atomic E-state index is 0.492. The second kappa shape index (κ2) is 4.11. The van der Waals surface area contributed by atoms with E-state index in [0.717, 1.165) is 5.69 Å². The van der Waals surface area contributed by atoms with Crippen LogP contribution in [0.4, 0.5) is 5.69 Å². The maximum absolute atomic E-state index is 4.37. The van der Waals surface area contributed by atoms with Gasteiger partial charge in [0.2, 0.25) is 0 Å². The lowest BCUT2D eigenvalue weighted by molar-refractivity contribution is 0.229. The molecule has 0 amide bonds. The van der Waals surface area contributed by atoms with E-state index in [1.807, 2.05) is 11.7 Å². The summed E-state index contributed by atoms with van der Waals surface area (Å²) in [5, 5.41) is 8.01. The first-order chi connectivity index (χ1) is 7.46. The number of rotatable bonds is 2. The zero-order chi connectivity index (χ0) is 11.8. The number of anilines is 1. The standard InChI is InChI=1S/C13H23N3/c1-10-12(9-16(4)15-10)14-11-6-5-7-13(2,3)8-11/h9,11,14H,5-8H2,1-4H3. The number of hydrogen-bond acceptors (Lipinski definition) is 2. The van der Waals surface area contributed by atoms with Gasteiger partial charge in [0, 0.05) is 19.3 Å². The van der Waals surface area contributed by atoms with E-state index in [0.29, 0.717) is 11.5 Å². The number of aryl methyl sites for hydroxylation is 2. The average molecular weight is 221 g/mol. The fourth-order valence-corrected chi connectivity index (χ4v) is 2.78. The molecule has 16 heavy (non-hydrogen) atoms. The van der Waals surface area contributed by atoms with E-state index in [9.17, 15) is 0 Å². The molecule has 1 atom stereocenters. The lowest BCUT2D eigenvalue weighted by atomic mass is 9.75. The summed E-state index contributed by atoms with van der Waals surface area (Å²) in [6.45, 7) is 6.81. The molecule has 1 aliphatic rings. The third-order valence-corrected chi connectivity index (χ3v) is 3.58. The Bertz CT molecular complexity index is 365. The highest BCUT2D eigenvalue weighted by molar-refractivity contribution is 5.46. The van der Waals surface area contributed by atoms with Gasteiger partial charge >= 0.3 is 0 Å². The quantitative estimate of drug-likeness (QED) is 0.831. The molecule has 1 saturated carbocycles. The lowest BCUT2D eigenvalue weighted by Gasteiger charge is -2.35. The van der Waals surface area contributed by atoms with Crippen molar-refractivity contribution in [2.24, 2.45) is 12.5 Å². The van der Waals surface area contributed by atoms with Gasteiger partial charge in [-0.1, -0.05) is 20.3 Å². The third kappa shape index (κ3) is 2.57. The fraction of sp³-hybridized carbons (Fsp3) is 0.769. The SMILES string of the molecule is Cc1nn(C)cc1NC1CCCC(C)(C)C1. The molecule has 2 rings (SSSR count). The summed E-state index contributed by atoms with van der Waals surface area (Å²) in [7, 11) is 1.98. The summed E-state index contributed by atoms with van der Waals surface area (Å²) in [6, 6.07) is 0.617. The van der Waals surface area contributed by atoms with Crippen molar-refractivity contribution in [3.8, 4) is 0 Å². The molecule has 0 radical (unpaired) electrons. The predicted molar refractivity (Wildman–Crippen MR) is 67.6 cm³/mol. The van der Waals surface area contributed by atoms with Crippen LogP contribution in [0.15, 0.2) is 6.20 Å². The van der Waals surface area contributed by atoms with Gasteiger partial charge in [0.25, 0.3) is 0 Å².